The van der Waals surface area contributed by atoms with Gasteiger partial charge >= 0.3 is 5.97 Å². The standard InChI is InChI=1S/C13H26N2O3.ClH.H2O/c1-8(2)6-10(14-5)12(16)15-11(13(17)18)7-9(3)4;;/h8-11,14H,6-7H2,1-5H3,(H,15,16)(H,17,18);1H;1H2/t10-,11-;;/m0../s1. The van der Waals surface area contributed by atoms with Gasteiger partial charge in [0.2, 0.25) is 0 Å². The van der Waals surface area contributed by atoms with E-state index in [0.29, 0.717) is 12.3 Å². The summed E-state index contributed by atoms with van der Waals surface area (Å²) in [5.74, 6) is -0.499. The van der Waals surface area contributed by atoms with E-state index in [1.807, 2.05) is 40.1 Å². The van der Waals surface area contributed by atoms with E-state index in [2.05, 4.69) is 5.32 Å². The van der Waals surface area contributed by atoms with Gasteiger partial charge in [0, 0.05) is 6.42 Å². The van der Waals surface area contributed by atoms with Gasteiger partial charge in [0.05, 0.1) is 7.05 Å². The molecule has 6 nitrogen and oxygen atoms in total. The molecule has 0 aromatic heterocycles. The molecule has 0 spiro atoms. The molecular weight excluding hydrogens is 284 g/mol. The first-order valence-corrected chi connectivity index (χ1v) is 6.60. The molecule has 0 aliphatic rings. The third-order valence-corrected chi connectivity index (χ3v) is 2.79. The second kappa shape index (κ2) is 11.9. The van der Waals surface area contributed by atoms with Crippen molar-refractivity contribution >= 4 is 11.9 Å². The maximum atomic E-state index is 12.0. The molecule has 0 unspecified atom stereocenters. The van der Waals surface area contributed by atoms with Crippen molar-refractivity contribution in [2.24, 2.45) is 11.8 Å². The summed E-state index contributed by atoms with van der Waals surface area (Å²) < 4.78 is 0. The summed E-state index contributed by atoms with van der Waals surface area (Å²) in [4.78, 5) is 23.1. The van der Waals surface area contributed by atoms with Gasteiger partial charge in [-0.25, -0.2) is 4.79 Å². The SMILES string of the molecule is C[NH2+][C@@H](CC(C)C)C(=O)N[C@@H](CC(C)C)C(=O)O.O.[Cl-]. The van der Waals surface area contributed by atoms with E-state index in [1.165, 1.54) is 0 Å². The minimum Gasteiger partial charge on any atom is -1.00 e. The number of carboxylic acids is 1. The van der Waals surface area contributed by atoms with Gasteiger partial charge in [0.15, 0.2) is 6.04 Å². The van der Waals surface area contributed by atoms with Crippen molar-refractivity contribution in [3.05, 3.63) is 0 Å². The van der Waals surface area contributed by atoms with Crippen molar-refractivity contribution in [1.82, 2.24) is 5.32 Å². The molecule has 0 heterocycles. The van der Waals surface area contributed by atoms with E-state index in [-0.39, 0.29) is 35.8 Å². The highest BCUT2D eigenvalue weighted by molar-refractivity contribution is 5.85. The first-order chi connectivity index (χ1) is 8.27. The molecule has 7 heteroatoms. The summed E-state index contributed by atoms with van der Waals surface area (Å²) in [5, 5.41) is 13.6. The van der Waals surface area contributed by atoms with E-state index in [0.717, 1.165) is 6.42 Å². The van der Waals surface area contributed by atoms with E-state index in [1.54, 1.807) is 0 Å². The second-order valence-electron chi connectivity index (χ2n) is 5.60. The third kappa shape index (κ3) is 10.00. The van der Waals surface area contributed by atoms with Crippen LogP contribution in [0.5, 0.6) is 0 Å². The van der Waals surface area contributed by atoms with Crippen LogP contribution in [-0.4, -0.2) is 41.6 Å². The number of carbonyl (C=O) groups is 2. The number of nitrogens with one attached hydrogen (secondary N) is 1. The average molecular weight is 313 g/mol. The lowest BCUT2D eigenvalue weighted by atomic mass is 10.0. The van der Waals surface area contributed by atoms with Gasteiger partial charge in [-0.2, -0.15) is 0 Å². The van der Waals surface area contributed by atoms with Crippen LogP contribution in [0.15, 0.2) is 0 Å². The van der Waals surface area contributed by atoms with Gasteiger partial charge in [-0.15, -0.1) is 0 Å². The van der Waals surface area contributed by atoms with Crippen LogP contribution in [0.3, 0.4) is 0 Å². The van der Waals surface area contributed by atoms with Crippen molar-refractivity contribution in [2.75, 3.05) is 7.05 Å². The number of hydrogen-bond acceptors (Lipinski definition) is 2. The quantitative estimate of drug-likeness (QED) is 0.430. The van der Waals surface area contributed by atoms with Gasteiger partial charge in [-0.1, -0.05) is 27.7 Å². The molecule has 0 bridgehead atoms. The van der Waals surface area contributed by atoms with Crippen LogP contribution in [0.2, 0.25) is 0 Å². The molecule has 2 atom stereocenters. The predicted octanol–water partition coefficient (Wildman–Crippen LogP) is -3.61. The number of halogens is 1. The van der Waals surface area contributed by atoms with Crippen LogP contribution in [0.25, 0.3) is 0 Å². The molecular formula is C13H29ClN2O4. The molecule has 20 heavy (non-hydrogen) atoms. The first-order valence-electron chi connectivity index (χ1n) is 6.60. The molecule has 0 aliphatic carbocycles. The minimum absolute atomic E-state index is 0. The number of carbonyl (C=O) groups excluding carboxylic acids is 1. The zero-order valence-electron chi connectivity index (χ0n) is 12.9. The molecule has 122 valence electrons. The highest BCUT2D eigenvalue weighted by Crippen LogP contribution is 2.07. The Balaban J connectivity index is -0.00000144. The van der Waals surface area contributed by atoms with E-state index in [9.17, 15) is 9.59 Å². The number of quaternary nitrogens is 1. The van der Waals surface area contributed by atoms with Crippen molar-refractivity contribution in [1.29, 1.82) is 0 Å². The molecule has 0 rings (SSSR count). The predicted molar refractivity (Wildman–Crippen MR) is 73.7 cm³/mol. The van der Waals surface area contributed by atoms with E-state index in [4.69, 9.17) is 5.11 Å². The van der Waals surface area contributed by atoms with Gasteiger partial charge in [-0.05, 0) is 18.3 Å². The Morgan fingerprint density at radius 2 is 1.55 bits per heavy atom. The monoisotopic (exact) mass is 312 g/mol. The Labute approximate surface area is 127 Å². The Morgan fingerprint density at radius 3 is 1.85 bits per heavy atom. The number of carboxylic acid groups (broad SMARTS) is 1. The second-order valence-corrected chi connectivity index (χ2v) is 5.60. The van der Waals surface area contributed by atoms with E-state index >= 15 is 0 Å². The fraction of sp³-hybridized carbons (Fsp3) is 0.846. The highest BCUT2D eigenvalue weighted by atomic mass is 35.5. The lowest BCUT2D eigenvalue weighted by molar-refractivity contribution is -0.651. The summed E-state index contributed by atoms with van der Waals surface area (Å²) in [5.41, 5.74) is 0. The summed E-state index contributed by atoms with van der Waals surface area (Å²) in [6.07, 6.45) is 1.20. The lowest BCUT2D eigenvalue weighted by Gasteiger charge is -2.20. The van der Waals surface area contributed by atoms with Gasteiger partial charge in [0.1, 0.15) is 6.04 Å². The summed E-state index contributed by atoms with van der Waals surface area (Å²) in [6.45, 7) is 7.98. The molecule has 0 radical (unpaired) electrons. The summed E-state index contributed by atoms with van der Waals surface area (Å²) in [6, 6.07) is -0.994. The molecule has 0 fully saturated rings. The normalized spacial score (nSPS) is 13.2. The molecule has 0 saturated carbocycles. The van der Waals surface area contributed by atoms with Crippen LogP contribution in [0, 0.1) is 11.8 Å². The van der Waals surface area contributed by atoms with Crippen molar-refractivity contribution < 1.29 is 37.9 Å². The maximum Gasteiger partial charge on any atom is 0.326 e. The number of rotatable bonds is 8. The van der Waals surface area contributed by atoms with Gasteiger partial charge in [-0.3, -0.25) is 4.79 Å². The maximum absolute atomic E-state index is 12.0. The molecule has 0 saturated heterocycles. The first kappa shape index (κ1) is 24.2. The number of likely N-dealkylation sites (N-methyl/N-ethyl adjacent to an activating group) is 1. The summed E-state index contributed by atoms with van der Waals surface area (Å²) >= 11 is 0. The molecule has 0 aromatic carbocycles. The van der Waals surface area contributed by atoms with Crippen molar-refractivity contribution in [3.8, 4) is 0 Å². The Morgan fingerprint density at radius 1 is 1.10 bits per heavy atom. The van der Waals surface area contributed by atoms with Crippen LogP contribution in [-0.2, 0) is 9.59 Å². The topological polar surface area (TPSA) is 115 Å². The zero-order valence-corrected chi connectivity index (χ0v) is 13.7. The fourth-order valence-electron chi connectivity index (χ4n) is 1.87. The number of hydrogen-bond donors (Lipinski definition) is 3. The smallest absolute Gasteiger partial charge is 0.326 e. The highest BCUT2D eigenvalue weighted by Gasteiger charge is 2.27. The van der Waals surface area contributed by atoms with Crippen LogP contribution >= 0.6 is 0 Å². The van der Waals surface area contributed by atoms with Crippen LogP contribution < -0.4 is 23.0 Å². The zero-order chi connectivity index (χ0) is 14.3. The Kier molecular flexibility index (Phi) is 14.4. The number of aliphatic carboxylic acids is 1. The van der Waals surface area contributed by atoms with Gasteiger partial charge in [0.25, 0.3) is 5.91 Å². The van der Waals surface area contributed by atoms with E-state index < -0.39 is 12.0 Å². The minimum atomic E-state index is -0.962. The molecule has 1 amide bonds. The van der Waals surface area contributed by atoms with Crippen LogP contribution in [0.4, 0.5) is 0 Å². The van der Waals surface area contributed by atoms with Crippen molar-refractivity contribution in [3.63, 3.8) is 0 Å². The Bertz CT molecular complexity index is 286. The largest absolute Gasteiger partial charge is 1.00 e. The molecule has 0 aromatic rings. The molecule has 0 aliphatic heterocycles. The van der Waals surface area contributed by atoms with Gasteiger partial charge < -0.3 is 33.6 Å². The lowest BCUT2D eigenvalue weighted by Crippen LogP contribution is -3.00. The number of amides is 1. The number of nitrogens with two attached hydrogens (primary N) is 1. The van der Waals surface area contributed by atoms with Crippen LogP contribution in [0.1, 0.15) is 40.5 Å². The fourth-order valence-corrected chi connectivity index (χ4v) is 1.87. The molecule has 6 N–H and O–H groups in total. The van der Waals surface area contributed by atoms with Crippen molar-refractivity contribution in [2.45, 2.75) is 52.6 Å². The summed E-state index contributed by atoms with van der Waals surface area (Å²) in [7, 11) is 1.84. The third-order valence-electron chi connectivity index (χ3n) is 2.79. The Hall–Kier alpha value is -0.850. The average Bonchev–Trinajstić information content (AvgIpc) is 2.23.